The number of aryl methyl sites for hydroxylation is 1. The smallest absolute Gasteiger partial charge is 0.316 e. The molecule has 0 saturated carbocycles. The number of nitrogens with one attached hydrogen (secondary N) is 1. The van der Waals surface area contributed by atoms with Crippen molar-refractivity contribution in [2.24, 2.45) is 0 Å². The molecule has 0 saturated heterocycles. The largest absolute Gasteiger partial charge is 0.467 e. The lowest BCUT2D eigenvalue weighted by molar-refractivity contribution is 0.378. The third-order valence-corrected chi connectivity index (χ3v) is 2.69. The van der Waals surface area contributed by atoms with E-state index in [2.05, 4.69) is 20.3 Å². The molecule has 1 N–H and O–H groups in total. The molecule has 2 aromatic heterocycles. The Balaban J connectivity index is 2.32. The van der Waals surface area contributed by atoms with Gasteiger partial charge in [-0.1, -0.05) is 0 Å². The minimum Gasteiger partial charge on any atom is -0.467 e. The second-order valence-corrected chi connectivity index (χ2v) is 3.98. The van der Waals surface area contributed by atoms with Gasteiger partial charge in [-0.05, 0) is 31.7 Å². The van der Waals surface area contributed by atoms with Crippen LogP contribution in [0.15, 0.2) is 30.7 Å². The van der Waals surface area contributed by atoms with Crippen molar-refractivity contribution < 1.29 is 4.74 Å². The minimum atomic E-state index is -0.0178. The van der Waals surface area contributed by atoms with Gasteiger partial charge < -0.3 is 10.1 Å². The molecular weight excluding hydrogens is 228 g/mol. The molecule has 18 heavy (non-hydrogen) atoms. The van der Waals surface area contributed by atoms with Crippen molar-refractivity contribution >= 4 is 0 Å². The molecule has 2 aromatic rings. The van der Waals surface area contributed by atoms with Gasteiger partial charge in [0, 0.05) is 24.2 Å². The quantitative estimate of drug-likeness (QED) is 0.883. The number of nitrogens with zero attached hydrogens (tertiary/aromatic N) is 3. The third-order valence-electron chi connectivity index (χ3n) is 2.69. The van der Waals surface area contributed by atoms with E-state index >= 15 is 0 Å². The summed E-state index contributed by atoms with van der Waals surface area (Å²) in [5, 5.41) is 3.22. The Labute approximate surface area is 106 Å². The molecule has 1 atom stereocenters. The number of rotatable bonds is 4. The Morgan fingerprint density at radius 2 is 1.94 bits per heavy atom. The van der Waals surface area contributed by atoms with E-state index in [1.54, 1.807) is 25.7 Å². The molecule has 0 aliphatic carbocycles. The Hall–Kier alpha value is -2.01. The van der Waals surface area contributed by atoms with Crippen LogP contribution in [0.5, 0.6) is 6.01 Å². The van der Waals surface area contributed by atoms with Gasteiger partial charge in [-0.3, -0.25) is 4.98 Å². The van der Waals surface area contributed by atoms with Gasteiger partial charge in [0.1, 0.15) is 0 Å². The number of hydrogen-bond donors (Lipinski definition) is 1. The first-order chi connectivity index (χ1) is 8.74. The fourth-order valence-electron chi connectivity index (χ4n) is 1.78. The highest BCUT2D eigenvalue weighted by Gasteiger charge is 2.14. The van der Waals surface area contributed by atoms with Gasteiger partial charge in [-0.15, -0.1) is 0 Å². The van der Waals surface area contributed by atoms with E-state index in [4.69, 9.17) is 4.74 Å². The molecular formula is C13H16N4O. The van der Waals surface area contributed by atoms with Gasteiger partial charge in [0.2, 0.25) is 0 Å². The highest BCUT2D eigenvalue weighted by Crippen LogP contribution is 2.19. The van der Waals surface area contributed by atoms with Gasteiger partial charge in [-0.25, -0.2) is 9.97 Å². The van der Waals surface area contributed by atoms with Crippen LogP contribution in [0, 0.1) is 6.92 Å². The fraction of sp³-hybridized carbons (Fsp3) is 0.308. The summed E-state index contributed by atoms with van der Waals surface area (Å²) in [7, 11) is 3.44. The van der Waals surface area contributed by atoms with Crippen LogP contribution in [0.4, 0.5) is 0 Å². The Morgan fingerprint density at radius 1 is 1.22 bits per heavy atom. The van der Waals surface area contributed by atoms with Crippen molar-refractivity contribution in [2.45, 2.75) is 13.0 Å². The van der Waals surface area contributed by atoms with E-state index in [9.17, 15) is 0 Å². The van der Waals surface area contributed by atoms with Crippen LogP contribution in [-0.4, -0.2) is 29.1 Å². The molecule has 2 heterocycles. The lowest BCUT2D eigenvalue weighted by Crippen LogP contribution is -2.19. The maximum atomic E-state index is 4.95. The SMILES string of the molecule is CNC(c1cnc(OC)nc1)c1cc(C)ccn1. The van der Waals surface area contributed by atoms with E-state index in [0.29, 0.717) is 6.01 Å². The predicted molar refractivity (Wildman–Crippen MR) is 68.5 cm³/mol. The zero-order chi connectivity index (χ0) is 13.0. The van der Waals surface area contributed by atoms with Crippen molar-refractivity contribution in [3.8, 4) is 6.01 Å². The van der Waals surface area contributed by atoms with Gasteiger partial charge in [0.25, 0.3) is 0 Å². The van der Waals surface area contributed by atoms with Crippen molar-refractivity contribution in [3.05, 3.63) is 47.5 Å². The van der Waals surface area contributed by atoms with Gasteiger partial charge in [-0.2, -0.15) is 0 Å². The monoisotopic (exact) mass is 244 g/mol. The number of methoxy groups -OCH3 is 1. The lowest BCUT2D eigenvalue weighted by Gasteiger charge is -2.15. The summed E-state index contributed by atoms with van der Waals surface area (Å²) < 4.78 is 4.95. The highest BCUT2D eigenvalue weighted by atomic mass is 16.5. The van der Waals surface area contributed by atoms with Crippen LogP contribution >= 0.6 is 0 Å². The molecule has 0 amide bonds. The first kappa shape index (κ1) is 12.4. The Bertz CT molecular complexity index is 513. The number of aromatic nitrogens is 3. The summed E-state index contributed by atoms with van der Waals surface area (Å²) in [5.74, 6) is 0. The van der Waals surface area contributed by atoms with E-state index < -0.39 is 0 Å². The van der Waals surface area contributed by atoms with Crippen molar-refractivity contribution in [2.75, 3.05) is 14.2 Å². The maximum absolute atomic E-state index is 4.95. The summed E-state index contributed by atoms with van der Waals surface area (Å²) in [4.78, 5) is 12.6. The van der Waals surface area contributed by atoms with Crippen LogP contribution in [0.25, 0.3) is 0 Å². The summed E-state index contributed by atoms with van der Waals surface area (Å²) in [6.45, 7) is 2.04. The molecule has 1 unspecified atom stereocenters. The van der Waals surface area contributed by atoms with E-state index in [-0.39, 0.29) is 6.04 Å². The van der Waals surface area contributed by atoms with Crippen molar-refractivity contribution in [1.82, 2.24) is 20.3 Å². The normalized spacial score (nSPS) is 12.2. The first-order valence-corrected chi connectivity index (χ1v) is 5.70. The summed E-state index contributed by atoms with van der Waals surface area (Å²) >= 11 is 0. The molecule has 0 fully saturated rings. The van der Waals surface area contributed by atoms with Crippen LogP contribution in [-0.2, 0) is 0 Å². The third kappa shape index (κ3) is 2.62. The highest BCUT2D eigenvalue weighted by molar-refractivity contribution is 5.26. The molecule has 94 valence electrons. The van der Waals surface area contributed by atoms with E-state index in [0.717, 1.165) is 11.3 Å². The molecule has 0 aliphatic rings. The Kier molecular flexibility index (Phi) is 3.84. The summed E-state index contributed by atoms with van der Waals surface area (Å²) in [6.07, 6.45) is 5.30. The van der Waals surface area contributed by atoms with Crippen molar-refractivity contribution in [3.63, 3.8) is 0 Å². The molecule has 0 aromatic carbocycles. The van der Waals surface area contributed by atoms with Crippen LogP contribution in [0.3, 0.4) is 0 Å². The second-order valence-electron chi connectivity index (χ2n) is 3.98. The lowest BCUT2D eigenvalue weighted by atomic mass is 10.1. The average molecular weight is 244 g/mol. The van der Waals surface area contributed by atoms with E-state index in [1.165, 1.54) is 5.56 Å². The number of ether oxygens (including phenoxy) is 1. The zero-order valence-corrected chi connectivity index (χ0v) is 10.7. The maximum Gasteiger partial charge on any atom is 0.316 e. The molecule has 0 spiro atoms. The average Bonchev–Trinajstić information content (AvgIpc) is 2.40. The van der Waals surface area contributed by atoms with Gasteiger partial charge >= 0.3 is 6.01 Å². The first-order valence-electron chi connectivity index (χ1n) is 5.70. The molecule has 0 aliphatic heterocycles. The predicted octanol–water partition coefficient (Wildman–Crippen LogP) is 1.50. The van der Waals surface area contributed by atoms with Gasteiger partial charge in [0.05, 0.1) is 18.8 Å². The van der Waals surface area contributed by atoms with Crippen LogP contribution < -0.4 is 10.1 Å². The summed E-state index contributed by atoms with van der Waals surface area (Å²) in [6, 6.07) is 4.37. The standard InChI is InChI=1S/C13H16N4O/c1-9-4-5-15-11(6-9)12(14-2)10-7-16-13(18-3)17-8-10/h4-8,12,14H,1-3H3. The zero-order valence-electron chi connectivity index (χ0n) is 10.7. The van der Waals surface area contributed by atoms with Crippen LogP contribution in [0.1, 0.15) is 22.9 Å². The minimum absolute atomic E-state index is 0.0178. The molecule has 5 nitrogen and oxygen atoms in total. The molecule has 0 bridgehead atoms. The Morgan fingerprint density at radius 3 is 2.50 bits per heavy atom. The topological polar surface area (TPSA) is 59.9 Å². The fourth-order valence-corrected chi connectivity index (χ4v) is 1.78. The summed E-state index contributed by atoms with van der Waals surface area (Å²) in [5.41, 5.74) is 3.08. The number of pyridine rings is 1. The van der Waals surface area contributed by atoms with Gasteiger partial charge in [0.15, 0.2) is 0 Å². The van der Waals surface area contributed by atoms with Crippen molar-refractivity contribution in [1.29, 1.82) is 0 Å². The molecule has 5 heteroatoms. The number of hydrogen-bond acceptors (Lipinski definition) is 5. The van der Waals surface area contributed by atoms with Crippen LogP contribution in [0.2, 0.25) is 0 Å². The van der Waals surface area contributed by atoms with E-state index in [1.807, 2.05) is 26.1 Å². The molecule has 2 rings (SSSR count). The molecule has 0 radical (unpaired) electrons. The second kappa shape index (κ2) is 5.55.